The molecule has 3 heterocycles. The number of imidazole rings is 1. The minimum absolute atomic E-state index is 0.0577. The Balaban J connectivity index is 1.66. The first-order chi connectivity index (χ1) is 9.28. The number of nitrogens with two attached hydrogens (primary N) is 1. The molecule has 1 aromatic heterocycles. The molecule has 0 aromatic carbocycles. The molecule has 104 valence electrons. The van der Waals surface area contributed by atoms with Gasteiger partial charge in [-0.05, 0) is 19.4 Å². The maximum Gasteiger partial charge on any atom is 0.274 e. The van der Waals surface area contributed by atoms with Crippen LogP contribution in [0.5, 0.6) is 0 Å². The van der Waals surface area contributed by atoms with Crippen LogP contribution in [-0.2, 0) is 6.54 Å². The third-order valence-electron chi connectivity index (χ3n) is 4.11. The van der Waals surface area contributed by atoms with Crippen molar-refractivity contribution >= 4 is 5.91 Å². The molecular weight excluding hydrogens is 242 g/mol. The number of carbonyl (C=O) groups is 1. The lowest BCUT2D eigenvalue weighted by molar-refractivity contribution is 0.0566. The number of aromatic nitrogens is 2. The predicted molar refractivity (Wildman–Crippen MR) is 71.8 cm³/mol. The number of piperazine rings is 1. The number of hydrogen-bond donors (Lipinski definition) is 1. The molecule has 2 fully saturated rings. The number of carbonyl (C=O) groups excluding carboxylic acids is 1. The summed E-state index contributed by atoms with van der Waals surface area (Å²) in [6, 6.07) is 0.559. The van der Waals surface area contributed by atoms with Gasteiger partial charge in [-0.25, -0.2) is 4.98 Å². The zero-order chi connectivity index (χ0) is 13.2. The normalized spacial score (nSPS) is 23.6. The Labute approximate surface area is 113 Å². The van der Waals surface area contributed by atoms with Gasteiger partial charge in [-0.3, -0.25) is 9.69 Å². The van der Waals surface area contributed by atoms with Crippen molar-refractivity contribution in [2.45, 2.75) is 25.4 Å². The predicted octanol–water partition coefficient (Wildman–Crippen LogP) is -0.238. The summed E-state index contributed by atoms with van der Waals surface area (Å²) < 4.78 is 1.87. The monoisotopic (exact) mass is 263 g/mol. The van der Waals surface area contributed by atoms with Gasteiger partial charge in [0, 0.05) is 45.0 Å². The minimum atomic E-state index is 0.0577. The molecular formula is C13H21N5O. The van der Waals surface area contributed by atoms with Gasteiger partial charge >= 0.3 is 0 Å². The van der Waals surface area contributed by atoms with Crippen LogP contribution in [-0.4, -0.2) is 64.0 Å². The van der Waals surface area contributed by atoms with Crippen molar-refractivity contribution in [3.8, 4) is 0 Å². The first kappa shape index (κ1) is 12.6. The van der Waals surface area contributed by atoms with Gasteiger partial charge in [0.1, 0.15) is 5.69 Å². The van der Waals surface area contributed by atoms with Gasteiger partial charge in [-0.1, -0.05) is 0 Å². The fourth-order valence-electron chi connectivity index (χ4n) is 3.08. The van der Waals surface area contributed by atoms with Gasteiger partial charge in [-0.2, -0.15) is 0 Å². The van der Waals surface area contributed by atoms with E-state index in [0.717, 1.165) is 19.6 Å². The van der Waals surface area contributed by atoms with Gasteiger partial charge in [0.15, 0.2) is 0 Å². The Kier molecular flexibility index (Phi) is 3.52. The molecule has 1 amide bonds. The van der Waals surface area contributed by atoms with Crippen molar-refractivity contribution in [3.63, 3.8) is 0 Å². The third-order valence-corrected chi connectivity index (χ3v) is 4.11. The van der Waals surface area contributed by atoms with Gasteiger partial charge in [0.05, 0.1) is 6.33 Å². The molecule has 2 saturated heterocycles. The van der Waals surface area contributed by atoms with E-state index in [0.29, 0.717) is 24.8 Å². The maximum absolute atomic E-state index is 12.4. The number of nitrogens with zero attached hydrogens (tertiary/aromatic N) is 4. The summed E-state index contributed by atoms with van der Waals surface area (Å²) in [5.74, 6) is 0.0577. The topological polar surface area (TPSA) is 67.4 Å². The molecule has 19 heavy (non-hydrogen) atoms. The highest BCUT2D eigenvalue weighted by Gasteiger charge is 2.33. The first-order valence-electron chi connectivity index (χ1n) is 7.03. The lowest BCUT2D eigenvalue weighted by Crippen LogP contribution is -2.52. The summed E-state index contributed by atoms with van der Waals surface area (Å²) >= 11 is 0. The molecule has 6 nitrogen and oxygen atoms in total. The lowest BCUT2D eigenvalue weighted by atomic mass is 10.1. The molecule has 3 rings (SSSR count). The van der Waals surface area contributed by atoms with Crippen LogP contribution < -0.4 is 5.73 Å². The molecule has 2 aliphatic rings. The highest BCUT2D eigenvalue weighted by Crippen LogP contribution is 2.22. The van der Waals surface area contributed by atoms with Gasteiger partial charge < -0.3 is 15.2 Å². The van der Waals surface area contributed by atoms with E-state index in [2.05, 4.69) is 9.88 Å². The van der Waals surface area contributed by atoms with Gasteiger partial charge in [-0.15, -0.1) is 0 Å². The van der Waals surface area contributed by atoms with Crippen molar-refractivity contribution in [1.82, 2.24) is 19.4 Å². The van der Waals surface area contributed by atoms with Crippen molar-refractivity contribution in [3.05, 3.63) is 18.2 Å². The maximum atomic E-state index is 12.4. The van der Waals surface area contributed by atoms with Crippen LogP contribution in [0.4, 0.5) is 0 Å². The molecule has 1 aromatic rings. The van der Waals surface area contributed by atoms with Crippen LogP contribution in [0.15, 0.2) is 12.5 Å². The fourth-order valence-corrected chi connectivity index (χ4v) is 3.08. The largest absolute Gasteiger partial charge is 0.335 e. The van der Waals surface area contributed by atoms with Crippen molar-refractivity contribution < 1.29 is 4.79 Å². The third kappa shape index (κ3) is 2.50. The number of hydrogen-bond acceptors (Lipinski definition) is 4. The summed E-state index contributed by atoms with van der Waals surface area (Å²) in [7, 11) is 0. The molecule has 6 heteroatoms. The molecule has 2 aliphatic heterocycles. The van der Waals surface area contributed by atoms with E-state index in [-0.39, 0.29) is 5.91 Å². The number of fused-ring (bicyclic) bond motifs is 1. The highest BCUT2D eigenvalue weighted by molar-refractivity contribution is 5.92. The lowest BCUT2D eigenvalue weighted by Gasteiger charge is -2.37. The Morgan fingerprint density at radius 3 is 3.16 bits per heavy atom. The Hall–Kier alpha value is -1.40. The van der Waals surface area contributed by atoms with E-state index in [9.17, 15) is 4.79 Å². The number of rotatable bonds is 3. The molecule has 0 bridgehead atoms. The summed E-state index contributed by atoms with van der Waals surface area (Å²) in [4.78, 5) is 21.0. The highest BCUT2D eigenvalue weighted by atomic mass is 16.2. The zero-order valence-corrected chi connectivity index (χ0v) is 11.2. The van der Waals surface area contributed by atoms with Crippen LogP contribution in [0.3, 0.4) is 0 Å². The average Bonchev–Trinajstić information content (AvgIpc) is 3.05. The van der Waals surface area contributed by atoms with Gasteiger partial charge in [0.2, 0.25) is 0 Å². The van der Waals surface area contributed by atoms with E-state index < -0.39 is 0 Å². The minimum Gasteiger partial charge on any atom is -0.335 e. The summed E-state index contributed by atoms with van der Waals surface area (Å²) in [5.41, 5.74) is 6.04. The summed E-state index contributed by atoms with van der Waals surface area (Å²) in [6.07, 6.45) is 5.96. The average molecular weight is 263 g/mol. The fraction of sp³-hybridized carbons (Fsp3) is 0.692. The van der Waals surface area contributed by atoms with Crippen LogP contribution >= 0.6 is 0 Å². The molecule has 1 unspecified atom stereocenters. The smallest absolute Gasteiger partial charge is 0.274 e. The van der Waals surface area contributed by atoms with E-state index >= 15 is 0 Å². The molecule has 1 atom stereocenters. The Morgan fingerprint density at radius 2 is 2.32 bits per heavy atom. The molecule has 0 aliphatic carbocycles. The second-order valence-electron chi connectivity index (χ2n) is 5.37. The van der Waals surface area contributed by atoms with Crippen molar-refractivity contribution in [2.24, 2.45) is 5.73 Å². The van der Waals surface area contributed by atoms with Crippen LogP contribution in [0.2, 0.25) is 0 Å². The van der Waals surface area contributed by atoms with Crippen molar-refractivity contribution in [2.75, 3.05) is 32.7 Å². The van der Waals surface area contributed by atoms with Gasteiger partial charge in [0.25, 0.3) is 5.91 Å². The van der Waals surface area contributed by atoms with E-state index in [1.807, 2.05) is 9.47 Å². The standard InChI is InChI=1S/C13H21N5O/c14-3-5-16-9-12(15-10-16)13(19)18-7-6-17-4-1-2-11(17)8-18/h9-11H,1-8,14H2. The van der Waals surface area contributed by atoms with Crippen LogP contribution in [0.25, 0.3) is 0 Å². The van der Waals surface area contributed by atoms with E-state index in [1.165, 1.54) is 19.4 Å². The number of amides is 1. The molecule has 0 radical (unpaired) electrons. The van der Waals surface area contributed by atoms with Crippen LogP contribution in [0, 0.1) is 0 Å². The molecule has 2 N–H and O–H groups in total. The summed E-state index contributed by atoms with van der Waals surface area (Å²) in [5, 5.41) is 0. The second kappa shape index (κ2) is 5.30. The quantitative estimate of drug-likeness (QED) is 0.817. The zero-order valence-electron chi connectivity index (χ0n) is 11.2. The first-order valence-corrected chi connectivity index (χ1v) is 7.03. The van der Waals surface area contributed by atoms with E-state index in [1.54, 1.807) is 12.5 Å². The molecule has 0 spiro atoms. The summed E-state index contributed by atoms with van der Waals surface area (Å²) in [6.45, 7) is 5.13. The van der Waals surface area contributed by atoms with E-state index in [4.69, 9.17) is 5.73 Å². The Morgan fingerprint density at radius 1 is 1.42 bits per heavy atom. The van der Waals surface area contributed by atoms with Crippen LogP contribution in [0.1, 0.15) is 23.3 Å². The SMILES string of the molecule is NCCn1cnc(C(=O)N2CCN3CCCC3C2)c1. The van der Waals surface area contributed by atoms with Crippen molar-refractivity contribution in [1.29, 1.82) is 0 Å². The molecule has 0 saturated carbocycles. The Bertz CT molecular complexity index is 458. The second-order valence-corrected chi connectivity index (χ2v) is 5.37.